The van der Waals surface area contributed by atoms with Crippen LogP contribution in [0.1, 0.15) is 32.1 Å². The lowest BCUT2D eigenvalue weighted by Gasteiger charge is -2.22. The Hall–Kier alpha value is -0.840. The number of hydrogen-bond acceptors (Lipinski definition) is 2. The van der Waals surface area contributed by atoms with Crippen LogP contribution in [0.2, 0.25) is 0 Å². The predicted octanol–water partition coefficient (Wildman–Crippen LogP) is 1.80. The molecule has 1 aliphatic rings. The minimum absolute atomic E-state index is 0.0700. The molecule has 1 rings (SSSR count). The number of aliphatic carboxylic acids is 1. The zero-order valence-corrected chi connectivity index (χ0v) is 9.92. The van der Waals surface area contributed by atoms with Crippen LogP contribution in [0.25, 0.3) is 0 Å². The molecule has 0 bridgehead atoms. The van der Waals surface area contributed by atoms with E-state index in [1.165, 1.54) is 6.42 Å². The van der Waals surface area contributed by atoms with Crippen LogP contribution in [0.5, 0.6) is 0 Å². The van der Waals surface area contributed by atoms with Crippen molar-refractivity contribution in [3.63, 3.8) is 0 Å². The van der Waals surface area contributed by atoms with Crippen molar-refractivity contribution in [3.05, 3.63) is 10.6 Å². The van der Waals surface area contributed by atoms with Gasteiger partial charge in [-0.3, -0.25) is 4.79 Å². The summed E-state index contributed by atoms with van der Waals surface area (Å²) in [6.07, 6.45) is 6.31. The van der Waals surface area contributed by atoms with Crippen molar-refractivity contribution in [1.29, 1.82) is 0 Å². The van der Waals surface area contributed by atoms with Crippen molar-refractivity contribution < 1.29 is 14.7 Å². The van der Waals surface area contributed by atoms with Crippen molar-refractivity contribution in [1.82, 2.24) is 5.32 Å². The van der Waals surface area contributed by atoms with E-state index in [-0.39, 0.29) is 16.4 Å². The number of carbonyl (C=O) groups excluding carboxylic acids is 1. The van der Waals surface area contributed by atoms with Gasteiger partial charge in [-0.25, -0.2) is 4.79 Å². The summed E-state index contributed by atoms with van der Waals surface area (Å²) in [5.74, 6) is -1.47. The lowest BCUT2D eigenvalue weighted by Crippen LogP contribution is -2.36. The minimum Gasteiger partial charge on any atom is -0.478 e. The van der Waals surface area contributed by atoms with Crippen LogP contribution in [-0.4, -0.2) is 23.0 Å². The molecule has 1 saturated carbocycles. The fourth-order valence-corrected chi connectivity index (χ4v) is 1.99. The van der Waals surface area contributed by atoms with Crippen LogP contribution >= 0.6 is 15.9 Å². The van der Waals surface area contributed by atoms with Gasteiger partial charge in [-0.15, -0.1) is 0 Å². The highest BCUT2D eigenvalue weighted by Gasteiger charge is 2.17. The molecule has 0 unspecified atom stereocenters. The van der Waals surface area contributed by atoms with Gasteiger partial charge in [-0.2, -0.15) is 0 Å². The molecule has 0 heterocycles. The van der Waals surface area contributed by atoms with E-state index in [0.29, 0.717) is 0 Å². The van der Waals surface area contributed by atoms with Gasteiger partial charge in [0.25, 0.3) is 5.91 Å². The number of carbonyl (C=O) groups is 2. The van der Waals surface area contributed by atoms with E-state index in [2.05, 4.69) is 21.2 Å². The predicted molar refractivity (Wildman–Crippen MR) is 59.7 cm³/mol. The Kier molecular flexibility index (Phi) is 4.81. The third-order valence-corrected chi connectivity index (χ3v) is 3.00. The fraction of sp³-hybridized carbons (Fsp3) is 0.600. The second-order valence-corrected chi connectivity index (χ2v) is 4.49. The van der Waals surface area contributed by atoms with Crippen LogP contribution < -0.4 is 5.32 Å². The van der Waals surface area contributed by atoms with Crippen LogP contribution in [0, 0.1) is 0 Å². The number of rotatable bonds is 3. The Morgan fingerprint density at radius 3 is 2.40 bits per heavy atom. The lowest BCUT2D eigenvalue weighted by atomic mass is 9.95. The molecular formula is C10H14BrNO3. The topological polar surface area (TPSA) is 66.4 Å². The summed E-state index contributed by atoms with van der Waals surface area (Å²) < 4.78 is 0.0700. The van der Waals surface area contributed by atoms with E-state index in [1.807, 2.05) is 0 Å². The molecular weight excluding hydrogens is 262 g/mol. The van der Waals surface area contributed by atoms with Gasteiger partial charge in [-0.05, 0) is 28.8 Å². The smallest absolute Gasteiger partial charge is 0.329 e. The SMILES string of the molecule is O=C(O)/C=C(/Br)C(=O)NC1CCCCC1. The summed E-state index contributed by atoms with van der Waals surface area (Å²) in [5.41, 5.74) is 0. The van der Waals surface area contributed by atoms with Crippen molar-refractivity contribution in [2.75, 3.05) is 0 Å². The van der Waals surface area contributed by atoms with Crippen molar-refractivity contribution in [2.45, 2.75) is 38.1 Å². The van der Waals surface area contributed by atoms with Gasteiger partial charge in [0.05, 0.1) is 4.48 Å². The van der Waals surface area contributed by atoms with E-state index < -0.39 is 5.97 Å². The highest BCUT2D eigenvalue weighted by atomic mass is 79.9. The molecule has 0 atom stereocenters. The van der Waals surface area contributed by atoms with Gasteiger partial charge < -0.3 is 10.4 Å². The molecule has 0 aromatic rings. The van der Waals surface area contributed by atoms with Gasteiger partial charge in [0.15, 0.2) is 0 Å². The third kappa shape index (κ3) is 4.46. The summed E-state index contributed by atoms with van der Waals surface area (Å²) in [7, 11) is 0. The third-order valence-electron chi connectivity index (χ3n) is 2.41. The first-order chi connectivity index (χ1) is 7.09. The molecule has 4 nitrogen and oxygen atoms in total. The van der Waals surface area contributed by atoms with E-state index in [9.17, 15) is 9.59 Å². The molecule has 2 N–H and O–H groups in total. The summed E-state index contributed by atoms with van der Waals surface area (Å²) in [6, 6.07) is 0.195. The minimum atomic E-state index is -1.12. The Morgan fingerprint density at radius 1 is 1.27 bits per heavy atom. The normalized spacial score (nSPS) is 18.6. The second-order valence-electron chi connectivity index (χ2n) is 3.64. The second kappa shape index (κ2) is 5.90. The fourth-order valence-electron chi connectivity index (χ4n) is 1.68. The molecule has 1 amide bonds. The quantitative estimate of drug-likeness (QED) is 0.772. The number of halogens is 1. The zero-order valence-electron chi connectivity index (χ0n) is 8.33. The maximum atomic E-state index is 11.5. The molecule has 0 aromatic carbocycles. The first kappa shape index (κ1) is 12.2. The van der Waals surface area contributed by atoms with Crippen molar-refractivity contribution in [2.24, 2.45) is 0 Å². The summed E-state index contributed by atoms with van der Waals surface area (Å²) in [4.78, 5) is 21.8. The molecule has 0 spiro atoms. The number of carboxylic acids is 1. The molecule has 0 aliphatic heterocycles. The largest absolute Gasteiger partial charge is 0.478 e. The maximum absolute atomic E-state index is 11.5. The molecule has 5 heteroatoms. The Balaban J connectivity index is 2.43. The Labute approximate surface area is 96.9 Å². The van der Waals surface area contributed by atoms with E-state index in [0.717, 1.165) is 31.8 Å². The van der Waals surface area contributed by atoms with E-state index in [4.69, 9.17) is 5.11 Å². The molecule has 0 radical (unpaired) electrons. The summed E-state index contributed by atoms with van der Waals surface area (Å²) in [6.45, 7) is 0. The number of carboxylic acid groups (broad SMARTS) is 1. The first-order valence-electron chi connectivity index (χ1n) is 5.00. The standard InChI is InChI=1S/C10H14BrNO3/c11-8(6-9(13)14)10(15)12-7-4-2-1-3-5-7/h6-7H,1-5H2,(H,12,15)(H,13,14)/b8-6+. The molecule has 84 valence electrons. The number of hydrogen-bond donors (Lipinski definition) is 2. The maximum Gasteiger partial charge on any atom is 0.329 e. The van der Waals surface area contributed by atoms with Crippen molar-refractivity contribution >= 4 is 27.8 Å². The van der Waals surface area contributed by atoms with Crippen LogP contribution in [0.15, 0.2) is 10.6 Å². The van der Waals surface area contributed by atoms with Gasteiger partial charge in [0.2, 0.25) is 0 Å². The van der Waals surface area contributed by atoms with Gasteiger partial charge >= 0.3 is 5.97 Å². The monoisotopic (exact) mass is 275 g/mol. The van der Waals surface area contributed by atoms with Gasteiger partial charge in [0, 0.05) is 12.1 Å². The number of nitrogens with one attached hydrogen (secondary N) is 1. The van der Waals surface area contributed by atoms with Crippen molar-refractivity contribution in [3.8, 4) is 0 Å². The first-order valence-corrected chi connectivity index (χ1v) is 5.80. The average molecular weight is 276 g/mol. The van der Waals surface area contributed by atoms with Crippen LogP contribution in [-0.2, 0) is 9.59 Å². The molecule has 0 saturated heterocycles. The summed E-state index contributed by atoms with van der Waals surface area (Å²) >= 11 is 2.94. The average Bonchev–Trinajstić information content (AvgIpc) is 2.18. The van der Waals surface area contributed by atoms with E-state index in [1.54, 1.807) is 0 Å². The Bertz CT molecular complexity index is 282. The van der Waals surface area contributed by atoms with Gasteiger partial charge in [-0.1, -0.05) is 19.3 Å². The molecule has 0 aromatic heterocycles. The summed E-state index contributed by atoms with van der Waals surface area (Å²) in [5, 5.41) is 11.3. The molecule has 1 aliphatic carbocycles. The van der Waals surface area contributed by atoms with Crippen LogP contribution in [0.4, 0.5) is 0 Å². The molecule has 1 fully saturated rings. The highest BCUT2D eigenvalue weighted by Crippen LogP contribution is 2.18. The lowest BCUT2D eigenvalue weighted by molar-refractivity contribution is -0.131. The van der Waals surface area contributed by atoms with E-state index >= 15 is 0 Å². The molecule has 15 heavy (non-hydrogen) atoms. The van der Waals surface area contributed by atoms with Gasteiger partial charge in [0.1, 0.15) is 0 Å². The zero-order chi connectivity index (χ0) is 11.3. The highest BCUT2D eigenvalue weighted by molar-refractivity contribution is 9.12. The van der Waals surface area contributed by atoms with Crippen LogP contribution in [0.3, 0.4) is 0 Å². The number of amides is 1. The Morgan fingerprint density at radius 2 is 1.87 bits per heavy atom.